The number of nitrogens with zero attached hydrogens (tertiary/aromatic N) is 2. The van der Waals surface area contributed by atoms with Crippen molar-refractivity contribution >= 4 is 16.1 Å². The molecule has 0 saturated carbocycles. The summed E-state index contributed by atoms with van der Waals surface area (Å²) < 4.78 is 30.4. The predicted molar refractivity (Wildman–Crippen MR) is 72.2 cm³/mol. The number of unbranched alkanes of at least 4 members (excludes halogenated alkanes) is 1. The Morgan fingerprint density at radius 2 is 1.84 bits per heavy atom. The average Bonchev–Trinajstić information content (AvgIpc) is 2.39. The van der Waals surface area contributed by atoms with Crippen molar-refractivity contribution in [2.75, 3.05) is 45.1 Å². The van der Waals surface area contributed by atoms with Gasteiger partial charge in [-0.25, -0.2) is 13.2 Å². The van der Waals surface area contributed by atoms with Gasteiger partial charge in [-0.3, -0.25) is 0 Å². The van der Waals surface area contributed by atoms with Gasteiger partial charge in [-0.2, -0.15) is 4.31 Å². The Hall–Kier alpha value is -0.860. The van der Waals surface area contributed by atoms with E-state index >= 15 is 0 Å². The molecule has 112 valence electrons. The first kappa shape index (κ1) is 16.2. The lowest BCUT2D eigenvalue weighted by Gasteiger charge is -2.33. The second kappa shape index (κ2) is 7.66. The Morgan fingerprint density at radius 3 is 2.37 bits per heavy atom. The average molecular weight is 293 g/mol. The molecule has 1 rings (SSSR count). The highest BCUT2D eigenvalue weighted by Gasteiger charge is 2.28. The number of sulfonamides is 1. The molecule has 1 heterocycles. The van der Waals surface area contributed by atoms with Crippen molar-refractivity contribution in [1.29, 1.82) is 0 Å². The van der Waals surface area contributed by atoms with Crippen molar-refractivity contribution in [1.82, 2.24) is 9.21 Å². The second-order valence-corrected chi connectivity index (χ2v) is 6.49. The summed E-state index contributed by atoms with van der Waals surface area (Å²) in [6, 6.07) is 0. The van der Waals surface area contributed by atoms with Gasteiger partial charge in [0.2, 0.25) is 10.0 Å². The minimum Gasteiger partial charge on any atom is -0.450 e. The lowest BCUT2D eigenvalue weighted by molar-refractivity contribution is 0.0934. The molecule has 1 amide bonds. The maximum atomic E-state index is 12.0. The minimum atomic E-state index is -3.22. The van der Waals surface area contributed by atoms with Gasteiger partial charge in [0.05, 0.1) is 12.4 Å². The number of nitrogens with two attached hydrogens (primary N) is 1. The Bertz CT molecular complexity index is 377. The van der Waals surface area contributed by atoms with E-state index in [-0.39, 0.29) is 11.8 Å². The maximum Gasteiger partial charge on any atom is 0.409 e. The summed E-state index contributed by atoms with van der Waals surface area (Å²) in [5.41, 5.74) is 5.35. The SMILES string of the molecule is CCOC(=O)N1CCN(S(=O)(=O)CCCCN)CC1. The molecule has 1 aliphatic rings. The van der Waals surface area contributed by atoms with Gasteiger partial charge in [-0.15, -0.1) is 0 Å². The highest BCUT2D eigenvalue weighted by Crippen LogP contribution is 2.10. The van der Waals surface area contributed by atoms with Crippen molar-refractivity contribution in [2.24, 2.45) is 5.73 Å². The lowest BCUT2D eigenvalue weighted by atomic mass is 10.3. The third-order valence-corrected chi connectivity index (χ3v) is 4.97. The fourth-order valence-electron chi connectivity index (χ4n) is 1.92. The zero-order valence-electron chi connectivity index (χ0n) is 11.4. The highest BCUT2D eigenvalue weighted by molar-refractivity contribution is 7.89. The molecule has 0 aromatic heterocycles. The van der Waals surface area contributed by atoms with Gasteiger partial charge in [0.1, 0.15) is 0 Å². The summed E-state index contributed by atoms with van der Waals surface area (Å²) >= 11 is 0. The minimum absolute atomic E-state index is 0.129. The fraction of sp³-hybridized carbons (Fsp3) is 0.909. The normalized spacial score (nSPS) is 17.5. The first-order chi connectivity index (χ1) is 9.01. The summed E-state index contributed by atoms with van der Waals surface area (Å²) in [5, 5.41) is 0. The first-order valence-corrected chi connectivity index (χ1v) is 8.21. The van der Waals surface area contributed by atoms with Crippen molar-refractivity contribution < 1.29 is 17.9 Å². The summed E-state index contributed by atoms with van der Waals surface area (Å²) in [7, 11) is -3.22. The number of piperazine rings is 1. The van der Waals surface area contributed by atoms with E-state index in [1.807, 2.05) is 0 Å². The number of ether oxygens (including phenoxy) is 1. The number of rotatable bonds is 6. The molecule has 19 heavy (non-hydrogen) atoms. The largest absolute Gasteiger partial charge is 0.450 e. The van der Waals surface area contributed by atoms with Gasteiger partial charge in [-0.05, 0) is 26.3 Å². The maximum absolute atomic E-state index is 12.0. The van der Waals surface area contributed by atoms with Crippen LogP contribution in [0.4, 0.5) is 4.79 Å². The van der Waals surface area contributed by atoms with Crippen LogP contribution < -0.4 is 5.73 Å². The molecule has 7 nitrogen and oxygen atoms in total. The van der Waals surface area contributed by atoms with Gasteiger partial charge >= 0.3 is 6.09 Å². The van der Waals surface area contributed by atoms with Crippen LogP contribution in [0.15, 0.2) is 0 Å². The summed E-state index contributed by atoms with van der Waals surface area (Å²) in [5.74, 6) is 0.129. The summed E-state index contributed by atoms with van der Waals surface area (Å²) in [6.45, 7) is 4.02. The van der Waals surface area contributed by atoms with E-state index in [1.54, 1.807) is 6.92 Å². The molecular formula is C11H23N3O4S. The van der Waals surface area contributed by atoms with E-state index in [0.29, 0.717) is 52.2 Å². The van der Waals surface area contributed by atoms with E-state index in [2.05, 4.69) is 0 Å². The van der Waals surface area contributed by atoms with Crippen LogP contribution in [0.1, 0.15) is 19.8 Å². The topological polar surface area (TPSA) is 92.9 Å². The molecule has 0 aromatic carbocycles. The highest BCUT2D eigenvalue weighted by atomic mass is 32.2. The van der Waals surface area contributed by atoms with Crippen LogP contribution in [-0.4, -0.2) is 68.8 Å². The Labute approximate surface area is 114 Å². The molecule has 2 N–H and O–H groups in total. The molecule has 0 aromatic rings. The molecule has 0 unspecified atom stereocenters. The molecule has 0 radical (unpaired) electrons. The third-order valence-electron chi connectivity index (χ3n) is 3.01. The van der Waals surface area contributed by atoms with Crippen LogP contribution in [0, 0.1) is 0 Å². The Balaban J connectivity index is 2.42. The predicted octanol–water partition coefficient (Wildman–Crippen LogP) is -0.171. The molecular weight excluding hydrogens is 270 g/mol. The van der Waals surface area contributed by atoms with Gasteiger partial charge in [-0.1, -0.05) is 0 Å². The van der Waals surface area contributed by atoms with E-state index < -0.39 is 10.0 Å². The smallest absolute Gasteiger partial charge is 0.409 e. The quantitative estimate of drug-likeness (QED) is 0.686. The van der Waals surface area contributed by atoms with Gasteiger partial charge in [0.15, 0.2) is 0 Å². The molecule has 8 heteroatoms. The summed E-state index contributed by atoms with van der Waals surface area (Å²) in [4.78, 5) is 13.0. The Morgan fingerprint density at radius 1 is 1.21 bits per heavy atom. The van der Waals surface area contributed by atoms with Gasteiger partial charge in [0, 0.05) is 26.2 Å². The number of carbonyl (C=O) groups excluding carboxylic acids is 1. The van der Waals surface area contributed by atoms with E-state index in [1.165, 1.54) is 9.21 Å². The monoisotopic (exact) mass is 293 g/mol. The number of carbonyl (C=O) groups is 1. The second-order valence-electron chi connectivity index (χ2n) is 4.40. The van der Waals surface area contributed by atoms with Gasteiger partial charge in [0.25, 0.3) is 0 Å². The van der Waals surface area contributed by atoms with Crippen molar-refractivity contribution in [2.45, 2.75) is 19.8 Å². The molecule has 0 spiro atoms. The van der Waals surface area contributed by atoms with Crippen LogP contribution in [0.25, 0.3) is 0 Å². The van der Waals surface area contributed by atoms with Crippen molar-refractivity contribution in [3.05, 3.63) is 0 Å². The standard InChI is InChI=1S/C11H23N3O4S/c1-2-18-11(15)13-6-8-14(9-7-13)19(16,17)10-4-3-5-12/h2-10,12H2,1H3. The van der Waals surface area contributed by atoms with Crippen molar-refractivity contribution in [3.63, 3.8) is 0 Å². The molecule has 0 aliphatic carbocycles. The first-order valence-electron chi connectivity index (χ1n) is 6.61. The van der Waals surface area contributed by atoms with Crippen LogP contribution in [0.2, 0.25) is 0 Å². The van der Waals surface area contributed by atoms with Crippen LogP contribution in [0.3, 0.4) is 0 Å². The molecule has 1 fully saturated rings. The number of amides is 1. The Kier molecular flexibility index (Phi) is 6.53. The van der Waals surface area contributed by atoms with Gasteiger partial charge < -0.3 is 15.4 Å². The van der Waals surface area contributed by atoms with E-state index in [9.17, 15) is 13.2 Å². The summed E-state index contributed by atoms with van der Waals surface area (Å²) in [6.07, 6.45) is 0.918. The zero-order chi connectivity index (χ0) is 14.3. The lowest BCUT2D eigenvalue weighted by Crippen LogP contribution is -2.51. The van der Waals surface area contributed by atoms with Crippen LogP contribution in [-0.2, 0) is 14.8 Å². The number of hydrogen-bond donors (Lipinski definition) is 1. The molecule has 1 aliphatic heterocycles. The van der Waals surface area contributed by atoms with E-state index in [0.717, 1.165) is 0 Å². The zero-order valence-corrected chi connectivity index (χ0v) is 12.2. The van der Waals surface area contributed by atoms with Crippen LogP contribution in [0.5, 0.6) is 0 Å². The van der Waals surface area contributed by atoms with Crippen molar-refractivity contribution in [3.8, 4) is 0 Å². The number of hydrogen-bond acceptors (Lipinski definition) is 5. The van der Waals surface area contributed by atoms with E-state index in [4.69, 9.17) is 10.5 Å². The third kappa shape index (κ3) is 4.96. The molecule has 0 atom stereocenters. The fourth-order valence-corrected chi connectivity index (χ4v) is 3.47. The molecule has 0 bridgehead atoms. The van der Waals surface area contributed by atoms with Crippen LogP contribution >= 0.6 is 0 Å². The molecule has 1 saturated heterocycles.